The molecule has 5 heteroatoms. The van der Waals surface area contributed by atoms with Crippen molar-refractivity contribution in [1.29, 1.82) is 0 Å². The minimum atomic E-state index is -0.296. The Balaban J connectivity index is 1.91. The average Bonchev–Trinajstić information content (AvgIpc) is 2.47. The zero-order valence-corrected chi connectivity index (χ0v) is 10.6. The Morgan fingerprint density at radius 1 is 1.21 bits per heavy atom. The minimum absolute atomic E-state index is 0.296. The number of benzene rings is 1. The molecular formula is C14H15N3O2. The highest BCUT2D eigenvalue weighted by Gasteiger charge is 2.06. The standard InChI is InChI=1S/C14H15N3O2/c1-19-13-8-3-2-7-12(13)17-14(18)16-10-11-6-4-5-9-15-11/h2-9H,10H2,1H3,(H2,16,17,18). The fraction of sp³-hybridized carbons (Fsp3) is 0.143. The molecule has 0 saturated carbocycles. The summed E-state index contributed by atoms with van der Waals surface area (Å²) in [5.41, 5.74) is 1.43. The quantitative estimate of drug-likeness (QED) is 0.884. The number of carbonyl (C=O) groups is 1. The van der Waals surface area contributed by atoms with Crippen LogP contribution in [0.15, 0.2) is 48.7 Å². The molecule has 1 aromatic carbocycles. The number of pyridine rings is 1. The number of carbonyl (C=O) groups excluding carboxylic acids is 1. The first-order chi connectivity index (χ1) is 9.29. The van der Waals surface area contributed by atoms with Crippen molar-refractivity contribution >= 4 is 11.7 Å². The number of methoxy groups -OCH3 is 1. The number of para-hydroxylation sites is 2. The highest BCUT2D eigenvalue weighted by Crippen LogP contribution is 2.22. The van der Waals surface area contributed by atoms with Gasteiger partial charge in [0, 0.05) is 6.20 Å². The number of aromatic nitrogens is 1. The third-order valence-electron chi connectivity index (χ3n) is 2.51. The van der Waals surface area contributed by atoms with E-state index in [1.54, 1.807) is 25.4 Å². The number of anilines is 1. The number of nitrogens with zero attached hydrogens (tertiary/aromatic N) is 1. The first-order valence-corrected chi connectivity index (χ1v) is 5.87. The third kappa shape index (κ3) is 3.70. The SMILES string of the molecule is COc1ccccc1NC(=O)NCc1ccccn1. The number of rotatable bonds is 4. The van der Waals surface area contributed by atoms with E-state index in [2.05, 4.69) is 15.6 Å². The molecule has 0 atom stereocenters. The number of ether oxygens (including phenoxy) is 1. The number of hydrogen-bond donors (Lipinski definition) is 2. The van der Waals surface area contributed by atoms with Crippen LogP contribution in [-0.2, 0) is 6.54 Å². The molecule has 0 radical (unpaired) electrons. The van der Waals surface area contributed by atoms with Crippen LogP contribution in [0, 0.1) is 0 Å². The lowest BCUT2D eigenvalue weighted by Gasteiger charge is -2.10. The molecule has 2 aromatic rings. The summed E-state index contributed by atoms with van der Waals surface area (Å²) in [5.74, 6) is 0.621. The lowest BCUT2D eigenvalue weighted by Crippen LogP contribution is -2.28. The molecule has 1 heterocycles. The van der Waals surface area contributed by atoms with E-state index in [-0.39, 0.29) is 6.03 Å². The maximum absolute atomic E-state index is 11.7. The van der Waals surface area contributed by atoms with E-state index in [0.717, 1.165) is 5.69 Å². The Kier molecular flexibility index (Phi) is 4.34. The van der Waals surface area contributed by atoms with Crippen LogP contribution in [0.2, 0.25) is 0 Å². The number of hydrogen-bond acceptors (Lipinski definition) is 3. The molecule has 0 aliphatic carbocycles. The highest BCUT2D eigenvalue weighted by atomic mass is 16.5. The lowest BCUT2D eigenvalue weighted by molar-refractivity contribution is 0.251. The molecule has 2 amide bonds. The zero-order valence-electron chi connectivity index (χ0n) is 10.6. The molecule has 0 bridgehead atoms. The van der Waals surface area contributed by atoms with Gasteiger partial charge in [0.2, 0.25) is 0 Å². The number of nitrogens with one attached hydrogen (secondary N) is 2. The van der Waals surface area contributed by atoms with Crippen LogP contribution in [-0.4, -0.2) is 18.1 Å². The van der Waals surface area contributed by atoms with Crippen molar-refractivity contribution < 1.29 is 9.53 Å². The predicted octanol–water partition coefficient (Wildman–Crippen LogP) is 2.41. The molecule has 0 spiro atoms. The van der Waals surface area contributed by atoms with Gasteiger partial charge >= 0.3 is 6.03 Å². The summed E-state index contributed by atoms with van der Waals surface area (Å²) in [5, 5.41) is 5.46. The van der Waals surface area contributed by atoms with Crippen LogP contribution < -0.4 is 15.4 Å². The number of urea groups is 1. The van der Waals surface area contributed by atoms with Gasteiger partial charge in [-0.15, -0.1) is 0 Å². The van der Waals surface area contributed by atoms with Gasteiger partial charge in [0.05, 0.1) is 25.0 Å². The summed E-state index contributed by atoms with van der Waals surface area (Å²) >= 11 is 0. The van der Waals surface area contributed by atoms with Gasteiger partial charge in [-0.3, -0.25) is 4.98 Å². The molecule has 19 heavy (non-hydrogen) atoms. The fourth-order valence-corrected chi connectivity index (χ4v) is 1.59. The van der Waals surface area contributed by atoms with E-state index in [0.29, 0.717) is 18.0 Å². The first-order valence-electron chi connectivity index (χ1n) is 5.87. The molecule has 0 fully saturated rings. The Bertz CT molecular complexity index is 543. The Morgan fingerprint density at radius 3 is 2.74 bits per heavy atom. The van der Waals surface area contributed by atoms with Gasteiger partial charge in [-0.05, 0) is 24.3 Å². The largest absolute Gasteiger partial charge is 0.495 e. The molecule has 0 aliphatic rings. The van der Waals surface area contributed by atoms with E-state index in [9.17, 15) is 4.79 Å². The molecule has 0 unspecified atom stereocenters. The van der Waals surface area contributed by atoms with Crippen LogP contribution in [0.4, 0.5) is 10.5 Å². The second-order valence-corrected chi connectivity index (χ2v) is 3.83. The monoisotopic (exact) mass is 257 g/mol. The molecule has 5 nitrogen and oxygen atoms in total. The van der Waals surface area contributed by atoms with Crippen LogP contribution in [0.1, 0.15) is 5.69 Å². The van der Waals surface area contributed by atoms with E-state index < -0.39 is 0 Å². The van der Waals surface area contributed by atoms with E-state index >= 15 is 0 Å². The second kappa shape index (κ2) is 6.39. The highest BCUT2D eigenvalue weighted by molar-refractivity contribution is 5.90. The summed E-state index contributed by atoms with van der Waals surface area (Å²) < 4.78 is 5.15. The summed E-state index contributed by atoms with van der Waals surface area (Å²) in [6, 6.07) is 12.5. The average molecular weight is 257 g/mol. The summed E-state index contributed by atoms with van der Waals surface area (Å²) in [7, 11) is 1.56. The summed E-state index contributed by atoms with van der Waals surface area (Å²) in [6.07, 6.45) is 1.69. The smallest absolute Gasteiger partial charge is 0.319 e. The van der Waals surface area contributed by atoms with Crippen molar-refractivity contribution in [3.8, 4) is 5.75 Å². The van der Waals surface area contributed by atoms with E-state index in [4.69, 9.17) is 4.74 Å². The van der Waals surface area contributed by atoms with Crippen LogP contribution >= 0.6 is 0 Å². The first kappa shape index (κ1) is 12.9. The minimum Gasteiger partial charge on any atom is -0.495 e. The van der Waals surface area contributed by atoms with Crippen LogP contribution in [0.25, 0.3) is 0 Å². The van der Waals surface area contributed by atoms with Crippen LogP contribution in [0.5, 0.6) is 5.75 Å². The van der Waals surface area contributed by atoms with Crippen molar-refractivity contribution in [3.05, 3.63) is 54.4 Å². The lowest BCUT2D eigenvalue weighted by atomic mass is 10.3. The van der Waals surface area contributed by atoms with Gasteiger partial charge in [0.1, 0.15) is 5.75 Å². The maximum atomic E-state index is 11.7. The van der Waals surface area contributed by atoms with Crippen molar-refractivity contribution in [2.45, 2.75) is 6.54 Å². The van der Waals surface area contributed by atoms with Gasteiger partial charge in [-0.2, -0.15) is 0 Å². The normalized spacial score (nSPS) is 9.74. The molecule has 98 valence electrons. The predicted molar refractivity (Wildman–Crippen MR) is 73.1 cm³/mol. The van der Waals surface area contributed by atoms with Gasteiger partial charge in [-0.25, -0.2) is 4.79 Å². The van der Waals surface area contributed by atoms with E-state index in [1.807, 2.05) is 30.3 Å². The maximum Gasteiger partial charge on any atom is 0.319 e. The molecule has 0 aliphatic heterocycles. The van der Waals surface area contributed by atoms with Gasteiger partial charge < -0.3 is 15.4 Å². The Morgan fingerprint density at radius 2 is 2.00 bits per heavy atom. The van der Waals surface area contributed by atoms with Crippen LogP contribution in [0.3, 0.4) is 0 Å². The second-order valence-electron chi connectivity index (χ2n) is 3.83. The van der Waals surface area contributed by atoms with Gasteiger partial charge in [0.25, 0.3) is 0 Å². The zero-order chi connectivity index (χ0) is 13.5. The number of amides is 2. The summed E-state index contributed by atoms with van der Waals surface area (Å²) in [4.78, 5) is 15.9. The fourth-order valence-electron chi connectivity index (χ4n) is 1.59. The Hall–Kier alpha value is -2.56. The molecule has 2 N–H and O–H groups in total. The van der Waals surface area contributed by atoms with Crippen molar-refractivity contribution in [1.82, 2.24) is 10.3 Å². The van der Waals surface area contributed by atoms with E-state index in [1.165, 1.54) is 0 Å². The van der Waals surface area contributed by atoms with Crippen molar-refractivity contribution in [3.63, 3.8) is 0 Å². The van der Waals surface area contributed by atoms with Crippen molar-refractivity contribution in [2.24, 2.45) is 0 Å². The topological polar surface area (TPSA) is 63.2 Å². The molecule has 1 aromatic heterocycles. The van der Waals surface area contributed by atoms with Crippen molar-refractivity contribution in [2.75, 3.05) is 12.4 Å². The van der Waals surface area contributed by atoms with Gasteiger partial charge in [-0.1, -0.05) is 18.2 Å². The van der Waals surface area contributed by atoms with Gasteiger partial charge in [0.15, 0.2) is 0 Å². The summed E-state index contributed by atoms with van der Waals surface area (Å²) in [6.45, 7) is 0.377. The Labute approximate surface area is 111 Å². The molecular weight excluding hydrogens is 242 g/mol. The molecule has 2 rings (SSSR count). The molecule has 0 saturated heterocycles. The third-order valence-corrected chi connectivity index (χ3v) is 2.51.